The maximum Gasteiger partial charge on any atom is 0.228 e. The highest BCUT2D eigenvalue weighted by atomic mass is 16.1. The SMILES string of the molecule is CNC(CC(C)C(C)(C)C)c1ccc2c(c1)CC(=O)N2. The number of benzene rings is 1. The summed E-state index contributed by atoms with van der Waals surface area (Å²) in [7, 11) is 2.01. The maximum absolute atomic E-state index is 11.4. The highest BCUT2D eigenvalue weighted by molar-refractivity contribution is 5.99. The van der Waals surface area contributed by atoms with Gasteiger partial charge in [-0.25, -0.2) is 0 Å². The number of carbonyl (C=O) groups is 1. The molecule has 0 radical (unpaired) electrons. The lowest BCUT2D eigenvalue weighted by Gasteiger charge is -2.31. The number of fused-ring (bicyclic) bond motifs is 1. The first-order valence-electron chi connectivity index (χ1n) is 7.41. The van der Waals surface area contributed by atoms with Crippen LogP contribution in [0.5, 0.6) is 0 Å². The van der Waals surface area contributed by atoms with E-state index in [4.69, 9.17) is 0 Å². The Balaban J connectivity index is 2.17. The fraction of sp³-hybridized carbons (Fsp3) is 0.588. The van der Waals surface area contributed by atoms with Crippen molar-refractivity contribution in [2.24, 2.45) is 11.3 Å². The van der Waals surface area contributed by atoms with Crippen molar-refractivity contribution in [3.8, 4) is 0 Å². The number of nitrogens with one attached hydrogen (secondary N) is 2. The molecule has 1 amide bonds. The second-order valence-corrected chi connectivity index (χ2v) is 6.99. The summed E-state index contributed by atoms with van der Waals surface area (Å²) in [5.41, 5.74) is 3.68. The number of rotatable bonds is 4. The van der Waals surface area contributed by atoms with E-state index in [1.165, 1.54) is 5.56 Å². The highest BCUT2D eigenvalue weighted by Gasteiger charge is 2.25. The van der Waals surface area contributed by atoms with Gasteiger partial charge in [-0.1, -0.05) is 39.8 Å². The normalized spacial score (nSPS) is 17.6. The number of hydrogen-bond donors (Lipinski definition) is 2. The third kappa shape index (κ3) is 3.21. The third-order valence-corrected chi connectivity index (χ3v) is 4.57. The molecule has 20 heavy (non-hydrogen) atoms. The van der Waals surface area contributed by atoms with Crippen molar-refractivity contribution in [1.82, 2.24) is 5.32 Å². The Hall–Kier alpha value is -1.35. The molecule has 0 spiro atoms. The Morgan fingerprint density at radius 2 is 2.05 bits per heavy atom. The van der Waals surface area contributed by atoms with Crippen LogP contribution in [0.25, 0.3) is 0 Å². The van der Waals surface area contributed by atoms with Crippen LogP contribution >= 0.6 is 0 Å². The Kier molecular flexibility index (Phi) is 4.19. The van der Waals surface area contributed by atoms with Crippen LogP contribution < -0.4 is 10.6 Å². The molecule has 0 fully saturated rings. The van der Waals surface area contributed by atoms with Gasteiger partial charge in [0.05, 0.1) is 6.42 Å². The number of hydrogen-bond acceptors (Lipinski definition) is 2. The van der Waals surface area contributed by atoms with E-state index in [1.54, 1.807) is 0 Å². The van der Waals surface area contributed by atoms with Crippen LogP contribution in [0.15, 0.2) is 18.2 Å². The van der Waals surface area contributed by atoms with Gasteiger partial charge in [-0.15, -0.1) is 0 Å². The Bertz CT molecular complexity index is 502. The summed E-state index contributed by atoms with van der Waals surface area (Å²) in [4.78, 5) is 11.4. The molecule has 0 aliphatic carbocycles. The van der Waals surface area contributed by atoms with Gasteiger partial charge in [0.1, 0.15) is 0 Å². The second-order valence-electron chi connectivity index (χ2n) is 6.99. The van der Waals surface area contributed by atoms with Gasteiger partial charge in [0.15, 0.2) is 0 Å². The molecule has 1 aliphatic rings. The minimum absolute atomic E-state index is 0.0983. The predicted octanol–water partition coefficient (Wildman–Crippen LogP) is 3.51. The minimum Gasteiger partial charge on any atom is -0.326 e. The van der Waals surface area contributed by atoms with E-state index < -0.39 is 0 Å². The molecule has 1 aliphatic heterocycles. The van der Waals surface area contributed by atoms with Gasteiger partial charge in [0.2, 0.25) is 5.91 Å². The lowest BCUT2D eigenvalue weighted by molar-refractivity contribution is -0.115. The van der Waals surface area contributed by atoms with Gasteiger partial charge in [-0.3, -0.25) is 4.79 Å². The molecule has 3 heteroatoms. The lowest BCUT2D eigenvalue weighted by atomic mass is 9.77. The molecule has 0 saturated carbocycles. The zero-order valence-electron chi connectivity index (χ0n) is 13.2. The molecule has 2 atom stereocenters. The monoisotopic (exact) mass is 274 g/mol. The smallest absolute Gasteiger partial charge is 0.228 e. The Morgan fingerprint density at radius 3 is 2.65 bits per heavy atom. The molecular weight excluding hydrogens is 248 g/mol. The van der Waals surface area contributed by atoms with E-state index in [9.17, 15) is 4.79 Å². The molecule has 2 unspecified atom stereocenters. The fourth-order valence-corrected chi connectivity index (χ4v) is 2.59. The summed E-state index contributed by atoms with van der Waals surface area (Å²) < 4.78 is 0. The van der Waals surface area contributed by atoms with Gasteiger partial charge in [-0.2, -0.15) is 0 Å². The van der Waals surface area contributed by atoms with E-state index in [1.807, 2.05) is 13.1 Å². The molecule has 2 N–H and O–H groups in total. The highest BCUT2D eigenvalue weighted by Crippen LogP contribution is 2.34. The van der Waals surface area contributed by atoms with Crippen molar-refractivity contribution in [2.45, 2.75) is 46.6 Å². The minimum atomic E-state index is 0.0983. The predicted molar refractivity (Wildman–Crippen MR) is 83.8 cm³/mol. The van der Waals surface area contributed by atoms with Crippen LogP contribution in [-0.4, -0.2) is 13.0 Å². The van der Waals surface area contributed by atoms with Crippen molar-refractivity contribution < 1.29 is 4.79 Å². The van der Waals surface area contributed by atoms with Gasteiger partial charge >= 0.3 is 0 Å². The van der Waals surface area contributed by atoms with Crippen LogP contribution in [0.1, 0.15) is 51.3 Å². The van der Waals surface area contributed by atoms with Gasteiger partial charge in [0.25, 0.3) is 0 Å². The molecule has 1 heterocycles. The van der Waals surface area contributed by atoms with Crippen molar-refractivity contribution >= 4 is 11.6 Å². The summed E-state index contributed by atoms with van der Waals surface area (Å²) in [6.45, 7) is 9.17. The lowest BCUT2D eigenvalue weighted by Crippen LogP contribution is -2.25. The van der Waals surface area contributed by atoms with Gasteiger partial charge in [0, 0.05) is 11.7 Å². The average Bonchev–Trinajstić information content (AvgIpc) is 2.73. The zero-order valence-corrected chi connectivity index (χ0v) is 13.2. The molecule has 0 saturated heterocycles. The molecule has 1 aromatic carbocycles. The van der Waals surface area contributed by atoms with Crippen LogP contribution in [0.2, 0.25) is 0 Å². The molecule has 0 bridgehead atoms. The summed E-state index contributed by atoms with van der Waals surface area (Å²) in [6.07, 6.45) is 1.61. The largest absolute Gasteiger partial charge is 0.326 e. The number of carbonyl (C=O) groups excluding carboxylic acids is 1. The first kappa shape index (κ1) is 15.0. The third-order valence-electron chi connectivity index (χ3n) is 4.57. The van der Waals surface area contributed by atoms with E-state index in [2.05, 4.69) is 50.5 Å². The summed E-state index contributed by atoms with van der Waals surface area (Å²) in [5.74, 6) is 0.717. The van der Waals surface area contributed by atoms with E-state index >= 15 is 0 Å². The molecule has 3 nitrogen and oxygen atoms in total. The van der Waals surface area contributed by atoms with Crippen molar-refractivity contribution in [2.75, 3.05) is 12.4 Å². The Morgan fingerprint density at radius 1 is 1.35 bits per heavy atom. The quantitative estimate of drug-likeness (QED) is 0.882. The first-order valence-corrected chi connectivity index (χ1v) is 7.41. The van der Waals surface area contributed by atoms with Crippen molar-refractivity contribution in [3.63, 3.8) is 0 Å². The Labute approximate surface area is 122 Å². The summed E-state index contributed by atoms with van der Waals surface area (Å²) in [5, 5.41) is 6.31. The molecule has 110 valence electrons. The van der Waals surface area contributed by atoms with Gasteiger partial charge in [-0.05, 0) is 42.0 Å². The molecule has 1 aromatic rings. The standard InChI is InChI=1S/C17H26N2O/c1-11(17(2,3)4)8-15(18-5)12-6-7-14-13(9-12)10-16(20)19-14/h6-7,9,11,15,18H,8,10H2,1-5H3,(H,19,20). The molecular formula is C17H26N2O. The van der Waals surface area contributed by atoms with Crippen molar-refractivity contribution in [3.05, 3.63) is 29.3 Å². The maximum atomic E-state index is 11.4. The fourth-order valence-electron chi connectivity index (χ4n) is 2.59. The molecule has 2 rings (SSSR count). The van der Waals surface area contributed by atoms with Crippen molar-refractivity contribution in [1.29, 1.82) is 0 Å². The summed E-state index contributed by atoms with van der Waals surface area (Å²) in [6, 6.07) is 6.66. The average molecular weight is 274 g/mol. The van der Waals surface area contributed by atoms with Crippen LogP contribution in [0.4, 0.5) is 5.69 Å². The van der Waals surface area contributed by atoms with Crippen LogP contribution in [0.3, 0.4) is 0 Å². The number of anilines is 1. The van der Waals surface area contributed by atoms with Gasteiger partial charge < -0.3 is 10.6 Å². The summed E-state index contributed by atoms with van der Waals surface area (Å²) >= 11 is 0. The number of amides is 1. The van der Waals surface area contributed by atoms with Crippen LogP contribution in [0, 0.1) is 11.3 Å². The van der Waals surface area contributed by atoms with E-state index in [0.29, 0.717) is 23.8 Å². The van der Waals surface area contributed by atoms with E-state index in [-0.39, 0.29) is 5.91 Å². The molecule has 0 aromatic heterocycles. The zero-order chi connectivity index (χ0) is 14.9. The second kappa shape index (κ2) is 5.57. The van der Waals surface area contributed by atoms with E-state index in [0.717, 1.165) is 17.7 Å². The van der Waals surface area contributed by atoms with Crippen LogP contribution in [-0.2, 0) is 11.2 Å². The topological polar surface area (TPSA) is 41.1 Å². The first-order chi connectivity index (χ1) is 9.31.